The Morgan fingerprint density at radius 3 is 2.65 bits per heavy atom. The summed E-state index contributed by atoms with van der Waals surface area (Å²) in [4.78, 5) is 2.42. The number of halogens is 2. The molecule has 1 aliphatic rings. The van der Waals surface area contributed by atoms with Gasteiger partial charge in [-0.25, -0.2) is 0 Å². The fourth-order valence-electron chi connectivity index (χ4n) is 2.84. The van der Waals surface area contributed by atoms with E-state index < -0.39 is 0 Å². The third-order valence-corrected chi connectivity index (χ3v) is 5.06. The number of morpholine rings is 1. The molecule has 26 heavy (non-hydrogen) atoms. The molecule has 1 N–H and O–H groups in total. The molecule has 0 spiro atoms. The van der Waals surface area contributed by atoms with Gasteiger partial charge in [0.15, 0.2) is 0 Å². The SMILES string of the molecule is Clc1ccc(COc2cccc(CNCCN3CCOCC3)c2)cc1Cl. The third kappa shape index (κ3) is 6.15. The van der Waals surface area contributed by atoms with Crippen LogP contribution in [0.5, 0.6) is 5.75 Å². The van der Waals surface area contributed by atoms with Gasteiger partial charge in [0, 0.05) is 32.7 Å². The van der Waals surface area contributed by atoms with E-state index in [0.29, 0.717) is 16.7 Å². The Labute approximate surface area is 165 Å². The summed E-state index contributed by atoms with van der Waals surface area (Å²) in [6.45, 7) is 7.06. The van der Waals surface area contributed by atoms with Gasteiger partial charge in [0.05, 0.1) is 23.3 Å². The molecule has 1 aliphatic heterocycles. The fraction of sp³-hybridized carbons (Fsp3) is 0.400. The molecule has 0 unspecified atom stereocenters. The van der Waals surface area contributed by atoms with Crippen LogP contribution in [0, 0.1) is 0 Å². The lowest BCUT2D eigenvalue weighted by Gasteiger charge is -2.26. The molecule has 0 radical (unpaired) electrons. The van der Waals surface area contributed by atoms with Crippen LogP contribution in [-0.4, -0.2) is 44.3 Å². The highest BCUT2D eigenvalue weighted by Crippen LogP contribution is 2.23. The predicted octanol–water partition coefficient (Wildman–Crippen LogP) is 3.99. The van der Waals surface area contributed by atoms with E-state index in [9.17, 15) is 0 Å². The first-order chi connectivity index (χ1) is 12.7. The zero-order chi connectivity index (χ0) is 18.2. The first-order valence-corrected chi connectivity index (χ1v) is 9.63. The second-order valence-electron chi connectivity index (χ2n) is 6.32. The van der Waals surface area contributed by atoms with Gasteiger partial charge in [-0.05, 0) is 35.4 Å². The van der Waals surface area contributed by atoms with Crippen LogP contribution >= 0.6 is 23.2 Å². The van der Waals surface area contributed by atoms with Crippen LogP contribution in [0.3, 0.4) is 0 Å². The summed E-state index contributed by atoms with van der Waals surface area (Å²) in [5.41, 5.74) is 2.20. The summed E-state index contributed by atoms with van der Waals surface area (Å²) in [7, 11) is 0. The molecule has 0 atom stereocenters. The minimum absolute atomic E-state index is 0.463. The smallest absolute Gasteiger partial charge is 0.120 e. The van der Waals surface area contributed by atoms with E-state index in [0.717, 1.165) is 57.3 Å². The summed E-state index contributed by atoms with van der Waals surface area (Å²) in [5, 5.41) is 4.60. The van der Waals surface area contributed by atoms with Crippen LogP contribution in [0.25, 0.3) is 0 Å². The Hall–Kier alpha value is -1.30. The Balaban J connectivity index is 1.43. The van der Waals surface area contributed by atoms with Crippen LogP contribution < -0.4 is 10.1 Å². The van der Waals surface area contributed by atoms with Gasteiger partial charge in [-0.3, -0.25) is 4.90 Å². The molecule has 0 aliphatic carbocycles. The van der Waals surface area contributed by atoms with Crippen molar-refractivity contribution in [3.05, 3.63) is 63.6 Å². The molecular weight excluding hydrogens is 371 g/mol. The maximum atomic E-state index is 6.04. The Morgan fingerprint density at radius 2 is 1.85 bits per heavy atom. The maximum absolute atomic E-state index is 6.04. The second-order valence-corrected chi connectivity index (χ2v) is 7.13. The molecule has 0 saturated carbocycles. The maximum Gasteiger partial charge on any atom is 0.120 e. The van der Waals surface area contributed by atoms with Gasteiger partial charge in [0.1, 0.15) is 12.4 Å². The summed E-state index contributed by atoms with van der Waals surface area (Å²) < 4.78 is 11.2. The summed E-state index contributed by atoms with van der Waals surface area (Å²) in [6, 6.07) is 13.7. The van der Waals surface area contributed by atoms with Crippen molar-refractivity contribution in [2.75, 3.05) is 39.4 Å². The van der Waals surface area contributed by atoms with Crippen LogP contribution in [0.4, 0.5) is 0 Å². The Bertz CT molecular complexity index is 706. The molecule has 1 heterocycles. The normalized spacial score (nSPS) is 15.2. The lowest BCUT2D eigenvalue weighted by Crippen LogP contribution is -2.40. The van der Waals surface area contributed by atoms with Crippen molar-refractivity contribution in [3.63, 3.8) is 0 Å². The average Bonchev–Trinajstić information content (AvgIpc) is 2.67. The molecule has 2 aromatic rings. The van der Waals surface area contributed by atoms with Crippen molar-refractivity contribution in [1.82, 2.24) is 10.2 Å². The Kier molecular flexibility index (Phi) is 7.59. The molecule has 3 rings (SSSR count). The monoisotopic (exact) mass is 394 g/mol. The van der Waals surface area contributed by atoms with Crippen LogP contribution in [-0.2, 0) is 17.9 Å². The number of hydrogen-bond acceptors (Lipinski definition) is 4. The number of benzene rings is 2. The van der Waals surface area contributed by atoms with Crippen molar-refractivity contribution in [1.29, 1.82) is 0 Å². The second kappa shape index (κ2) is 10.1. The highest BCUT2D eigenvalue weighted by Gasteiger charge is 2.09. The molecule has 1 saturated heterocycles. The summed E-state index contributed by atoms with van der Waals surface area (Å²) in [6.07, 6.45) is 0. The van der Waals surface area contributed by atoms with E-state index in [2.05, 4.69) is 22.3 Å². The highest BCUT2D eigenvalue weighted by molar-refractivity contribution is 6.42. The van der Waals surface area contributed by atoms with Gasteiger partial charge < -0.3 is 14.8 Å². The molecule has 4 nitrogen and oxygen atoms in total. The van der Waals surface area contributed by atoms with Crippen molar-refractivity contribution in [3.8, 4) is 5.75 Å². The molecule has 2 aromatic carbocycles. The lowest BCUT2D eigenvalue weighted by molar-refractivity contribution is 0.0384. The Morgan fingerprint density at radius 1 is 1.00 bits per heavy atom. The number of ether oxygens (including phenoxy) is 2. The van der Waals surface area contributed by atoms with E-state index in [-0.39, 0.29) is 0 Å². The molecule has 0 bridgehead atoms. The first-order valence-electron chi connectivity index (χ1n) is 8.87. The molecule has 6 heteroatoms. The van der Waals surface area contributed by atoms with Crippen molar-refractivity contribution < 1.29 is 9.47 Å². The molecule has 140 valence electrons. The average molecular weight is 395 g/mol. The van der Waals surface area contributed by atoms with Crippen LogP contribution in [0.1, 0.15) is 11.1 Å². The van der Waals surface area contributed by atoms with Crippen LogP contribution in [0.15, 0.2) is 42.5 Å². The largest absolute Gasteiger partial charge is 0.489 e. The third-order valence-electron chi connectivity index (χ3n) is 4.33. The fourth-order valence-corrected chi connectivity index (χ4v) is 3.16. The molecule has 0 aromatic heterocycles. The van der Waals surface area contributed by atoms with Crippen molar-refractivity contribution in [2.45, 2.75) is 13.2 Å². The van der Waals surface area contributed by atoms with Crippen molar-refractivity contribution in [2.24, 2.45) is 0 Å². The summed E-state index contributed by atoms with van der Waals surface area (Å²) >= 11 is 12.0. The number of nitrogens with zero attached hydrogens (tertiary/aromatic N) is 1. The number of hydrogen-bond donors (Lipinski definition) is 1. The summed E-state index contributed by atoms with van der Waals surface area (Å²) in [5.74, 6) is 0.851. The highest BCUT2D eigenvalue weighted by atomic mass is 35.5. The van der Waals surface area contributed by atoms with Gasteiger partial charge >= 0.3 is 0 Å². The van der Waals surface area contributed by atoms with Gasteiger partial charge in [0.25, 0.3) is 0 Å². The standard InChI is InChI=1S/C20H24Cl2N2O2/c21-19-5-4-17(13-20(19)22)15-26-18-3-1-2-16(12-18)14-23-6-7-24-8-10-25-11-9-24/h1-5,12-13,23H,6-11,14-15H2. The van der Waals surface area contributed by atoms with E-state index >= 15 is 0 Å². The topological polar surface area (TPSA) is 33.7 Å². The molecule has 1 fully saturated rings. The van der Waals surface area contributed by atoms with E-state index in [1.54, 1.807) is 6.07 Å². The molecular formula is C20H24Cl2N2O2. The van der Waals surface area contributed by atoms with Crippen molar-refractivity contribution >= 4 is 23.2 Å². The van der Waals surface area contributed by atoms with Gasteiger partial charge in [-0.15, -0.1) is 0 Å². The minimum atomic E-state index is 0.463. The number of nitrogens with one attached hydrogen (secondary N) is 1. The van der Waals surface area contributed by atoms with E-state index in [1.165, 1.54) is 5.56 Å². The molecule has 0 amide bonds. The minimum Gasteiger partial charge on any atom is -0.489 e. The van der Waals surface area contributed by atoms with Gasteiger partial charge in [-0.2, -0.15) is 0 Å². The van der Waals surface area contributed by atoms with Crippen LogP contribution in [0.2, 0.25) is 10.0 Å². The van der Waals surface area contributed by atoms with E-state index in [4.69, 9.17) is 32.7 Å². The first kappa shape index (κ1) is 19.5. The predicted molar refractivity (Wildman–Crippen MR) is 106 cm³/mol. The quantitative estimate of drug-likeness (QED) is 0.686. The lowest BCUT2D eigenvalue weighted by atomic mass is 10.2. The van der Waals surface area contributed by atoms with Gasteiger partial charge in [-0.1, -0.05) is 41.4 Å². The zero-order valence-corrected chi connectivity index (χ0v) is 16.2. The van der Waals surface area contributed by atoms with Gasteiger partial charge in [0.2, 0.25) is 0 Å². The zero-order valence-electron chi connectivity index (χ0n) is 14.7. The number of rotatable bonds is 8. The van der Waals surface area contributed by atoms with E-state index in [1.807, 2.05) is 24.3 Å².